The van der Waals surface area contributed by atoms with Crippen LogP contribution in [0, 0.1) is 0 Å². The summed E-state index contributed by atoms with van der Waals surface area (Å²) in [6.07, 6.45) is 3.27. The van der Waals surface area contributed by atoms with E-state index < -0.39 is 0 Å². The van der Waals surface area contributed by atoms with Gasteiger partial charge in [-0.2, -0.15) is 0 Å². The molecule has 7 nitrogen and oxygen atoms in total. The summed E-state index contributed by atoms with van der Waals surface area (Å²) in [5, 5.41) is 8.13. The molecule has 1 aliphatic heterocycles. The fourth-order valence-electron chi connectivity index (χ4n) is 2.37. The number of aromatic nitrogens is 3. The maximum atomic E-state index is 12.4. The van der Waals surface area contributed by atoms with Crippen molar-refractivity contribution in [3.63, 3.8) is 0 Å². The molecule has 0 N–H and O–H groups in total. The van der Waals surface area contributed by atoms with E-state index in [0.717, 1.165) is 0 Å². The molecule has 7 heteroatoms. The van der Waals surface area contributed by atoms with E-state index in [9.17, 15) is 4.79 Å². The minimum Gasteiger partial charge on any atom is -0.408 e. The summed E-state index contributed by atoms with van der Waals surface area (Å²) in [6.45, 7) is 6.69. The van der Waals surface area contributed by atoms with Crippen LogP contribution >= 0.6 is 0 Å². The number of piperazine rings is 1. The number of pyridine rings is 1. The second-order valence-electron chi connectivity index (χ2n) is 5.59. The van der Waals surface area contributed by atoms with Crippen LogP contribution in [0.1, 0.15) is 36.0 Å². The molecule has 2 aromatic heterocycles. The predicted molar refractivity (Wildman–Crippen MR) is 80.7 cm³/mol. The molecule has 0 bridgehead atoms. The lowest BCUT2D eigenvalue weighted by molar-refractivity contribution is 0.0744. The highest BCUT2D eigenvalue weighted by Crippen LogP contribution is 2.19. The smallest absolute Gasteiger partial charge is 0.318 e. The van der Waals surface area contributed by atoms with Crippen LogP contribution < -0.4 is 4.90 Å². The van der Waals surface area contributed by atoms with E-state index in [1.165, 1.54) is 0 Å². The Hall–Kier alpha value is -2.44. The van der Waals surface area contributed by atoms with Gasteiger partial charge in [0, 0.05) is 50.1 Å². The van der Waals surface area contributed by atoms with Crippen molar-refractivity contribution in [2.24, 2.45) is 0 Å². The van der Waals surface area contributed by atoms with Gasteiger partial charge in [-0.15, -0.1) is 5.10 Å². The molecule has 1 amide bonds. The van der Waals surface area contributed by atoms with Crippen molar-refractivity contribution in [1.82, 2.24) is 20.1 Å². The third-order valence-corrected chi connectivity index (χ3v) is 3.69. The summed E-state index contributed by atoms with van der Waals surface area (Å²) in [6, 6.07) is 4.02. The molecule has 3 rings (SSSR count). The Morgan fingerprint density at radius 2 is 1.82 bits per heavy atom. The molecule has 116 valence electrons. The molecule has 0 aromatic carbocycles. The Bertz CT molecular complexity index is 632. The second-order valence-corrected chi connectivity index (χ2v) is 5.59. The quantitative estimate of drug-likeness (QED) is 0.856. The molecule has 0 spiro atoms. The van der Waals surface area contributed by atoms with E-state index in [0.29, 0.717) is 43.6 Å². The maximum absolute atomic E-state index is 12.4. The third-order valence-electron chi connectivity index (χ3n) is 3.69. The van der Waals surface area contributed by atoms with E-state index in [4.69, 9.17) is 4.42 Å². The average molecular weight is 301 g/mol. The summed E-state index contributed by atoms with van der Waals surface area (Å²) < 4.78 is 5.66. The zero-order chi connectivity index (χ0) is 15.5. The van der Waals surface area contributed by atoms with Gasteiger partial charge in [-0.1, -0.05) is 18.9 Å². The summed E-state index contributed by atoms with van der Waals surface area (Å²) in [4.78, 5) is 20.2. The van der Waals surface area contributed by atoms with Gasteiger partial charge in [0.15, 0.2) is 0 Å². The monoisotopic (exact) mass is 301 g/mol. The Balaban J connectivity index is 1.61. The first-order valence-electron chi connectivity index (χ1n) is 7.43. The molecule has 0 radical (unpaired) electrons. The minimum absolute atomic E-state index is 0.0375. The largest absolute Gasteiger partial charge is 0.408 e. The topological polar surface area (TPSA) is 75.4 Å². The van der Waals surface area contributed by atoms with E-state index >= 15 is 0 Å². The summed E-state index contributed by atoms with van der Waals surface area (Å²) in [5.41, 5.74) is 0.670. The number of hydrogen-bond donors (Lipinski definition) is 0. The molecule has 0 atom stereocenters. The van der Waals surface area contributed by atoms with Crippen molar-refractivity contribution < 1.29 is 9.21 Å². The zero-order valence-corrected chi connectivity index (χ0v) is 12.8. The van der Waals surface area contributed by atoms with Gasteiger partial charge in [0.1, 0.15) is 0 Å². The Morgan fingerprint density at radius 1 is 1.14 bits per heavy atom. The molecule has 2 aromatic rings. The van der Waals surface area contributed by atoms with Crippen LogP contribution in [-0.4, -0.2) is 52.2 Å². The number of nitrogens with zero attached hydrogens (tertiary/aromatic N) is 5. The van der Waals surface area contributed by atoms with Gasteiger partial charge >= 0.3 is 6.01 Å². The van der Waals surface area contributed by atoms with Crippen molar-refractivity contribution >= 4 is 11.9 Å². The van der Waals surface area contributed by atoms with Crippen LogP contribution in [-0.2, 0) is 0 Å². The van der Waals surface area contributed by atoms with Gasteiger partial charge in [-0.05, 0) is 12.1 Å². The van der Waals surface area contributed by atoms with Gasteiger partial charge in [0.05, 0.1) is 0 Å². The molecule has 1 saturated heterocycles. The lowest BCUT2D eigenvalue weighted by atomic mass is 10.2. The van der Waals surface area contributed by atoms with Crippen LogP contribution in [0.5, 0.6) is 0 Å². The highest BCUT2D eigenvalue weighted by molar-refractivity contribution is 5.94. The Kier molecular flexibility index (Phi) is 4.04. The van der Waals surface area contributed by atoms with E-state index in [2.05, 4.69) is 15.2 Å². The minimum atomic E-state index is 0.0375. The number of hydrogen-bond acceptors (Lipinski definition) is 6. The first-order chi connectivity index (χ1) is 10.6. The van der Waals surface area contributed by atoms with Gasteiger partial charge < -0.3 is 14.2 Å². The molecular formula is C15H19N5O2. The lowest BCUT2D eigenvalue weighted by Gasteiger charge is -2.33. The summed E-state index contributed by atoms with van der Waals surface area (Å²) in [5.74, 6) is 0.900. The highest BCUT2D eigenvalue weighted by Gasteiger charge is 2.25. The Morgan fingerprint density at radius 3 is 2.41 bits per heavy atom. The fourth-order valence-corrected chi connectivity index (χ4v) is 2.37. The van der Waals surface area contributed by atoms with Gasteiger partial charge in [-0.3, -0.25) is 9.78 Å². The number of anilines is 1. The lowest BCUT2D eigenvalue weighted by Crippen LogP contribution is -2.48. The van der Waals surface area contributed by atoms with Gasteiger partial charge in [0.25, 0.3) is 5.91 Å². The molecule has 0 aliphatic carbocycles. The van der Waals surface area contributed by atoms with E-state index in [1.807, 2.05) is 23.6 Å². The number of amides is 1. The summed E-state index contributed by atoms with van der Waals surface area (Å²) in [7, 11) is 0. The predicted octanol–water partition coefficient (Wildman–Crippen LogP) is 1.55. The summed E-state index contributed by atoms with van der Waals surface area (Å²) >= 11 is 0. The van der Waals surface area contributed by atoms with E-state index in [-0.39, 0.29) is 11.8 Å². The van der Waals surface area contributed by atoms with Crippen LogP contribution in [0.15, 0.2) is 28.9 Å². The number of rotatable bonds is 3. The molecule has 3 heterocycles. The molecule has 1 aliphatic rings. The van der Waals surface area contributed by atoms with Crippen molar-refractivity contribution in [2.75, 3.05) is 31.1 Å². The SMILES string of the molecule is CC(C)c1nnc(N2CCN(C(=O)c3ccncc3)CC2)o1. The maximum Gasteiger partial charge on any atom is 0.318 e. The van der Waals surface area contributed by atoms with Crippen molar-refractivity contribution in [3.8, 4) is 0 Å². The van der Waals surface area contributed by atoms with Crippen molar-refractivity contribution in [2.45, 2.75) is 19.8 Å². The van der Waals surface area contributed by atoms with Crippen molar-refractivity contribution in [3.05, 3.63) is 36.0 Å². The van der Waals surface area contributed by atoms with Crippen LogP contribution in [0.4, 0.5) is 6.01 Å². The zero-order valence-electron chi connectivity index (χ0n) is 12.8. The van der Waals surface area contributed by atoms with Crippen LogP contribution in [0.25, 0.3) is 0 Å². The average Bonchev–Trinajstić information content (AvgIpc) is 3.05. The van der Waals surface area contributed by atoms with Gasteiger partial charge in [-0.25, -0.2) is 0 Å². The number of carbonyl (C=O) groups excluding carboxylic acids is 1. The first kappa shape index (κ1) is 14.5. The molecule has 22 heavy (non-hydrogen) atoms. The van der Waals surface area contributed by atoms with Crippen LogP contribution in [0.3, 0.4) is 0 Å². The molecular weight excluding hydrogens is 282 g/mol. The standard InChI is InChI=1S/C15H19N5O2/c1-11(2)13-17-18-15(22-13)20-9-7-19(8-10-20)14(21)12-3-5-16-6-4-12/h3-6,11H,7-10H2,1-2H3. The van der Waals surface area contributed by atoms with Gasteiger partial charge in [0.2, 0.25) is 5.89 Å². The Labute approximate surface area is 129 Å². The highest BCUT2D eigenvalue weighted by atomic mass is 16.4. The molecule has 0 unspecified atom stereocenters. The third kappa shape index (κ3) is 2.93. The molecule has 1 fully saturated rings. The molecule has 0 saturated carbocycles. The van der Waals surface area contributed by atoms with E-state index in [1.54, 1.807) is 24.5 Å². The second kappa shape index (κ2) is 6.13. The number of carbonyl (C=O) groups is 1. The van der Waals surface area contributed by atoms with Crippen LogP contribution in [0.2, 0.25) is 0 Å². The fraction of sp³-hybridized carbons (Fsp3) is 0.467. The van der Waals surface area contributed by atoms with Crippen molar-refractivity contribution in [1.29, 1.82) is 0 Å². The normalized spacial score (nSPS) is 15.4. The first-order valence-corrected chi connectivity index (χ1v) is 7.43.